The first-order valence-corrected chi connectivity index (χ1v) is 8.25. The second-order valence-electron chi connectivity index (χ2n) is 5.47. The molecule has 1 aliphatic carbocycles. The number of hydrogen-bond acceptors (Lipinski definition) is 4. The van der Waals surface area contributed by atoms with Gasteiger partial charge in [0.15, 0.2) is 0 Å². The zero-order valence-electron chi connectivity index (χ0n) is 10.7. The van der Waals surface area contributed by atoms with Gasteiger partial charge in [-0.1, -0.05) is 0 Å². The Labute approximate surface area is 108 Å². The fourth-order valence-corrected chi connectivity index (χ4v) is 3.43. The molecule has 0 radical (unpaired) electrons. The van der Waals surface area contributed by atoms with E-state index in [0.29, 0.717) is 25.9 Å². The normalized spacial score (nSPS) is 24.7. The number of carbonyl (C=O) groups is 1. The highest BCUT2D eigenvalue weighted by molar-refractivity contribution is 7.88. The molecule has 2 rings (SSSR count). The van der Waals surface area contributed by atoms with E-state index in [1.54, 1.807) is 4.90 Å². The van der Waals surface area contributed by atoms with Crippen LogP contribution in [0.2, 0.25) is 0 Å². The summed E-state index contributed by atoms with van der Waals surface area (Å²) in [5.74, 6) is 0.0338. The van der Waals surface area contributed by atoms with Crippen molar-refractivity contribution in [1.82, 2.24) is 9.62 Å². The molecular weight excluding hydrogens is 254 g/mol. The number of amides is 1. The first-order valence-electron chi connectivity index (χ1n) is 6.36. The summed E-state index contributed by atoms with van der Waals surface area (Å²) in [5.41, 5.74) is 5.37. The molecule has 6 nitrogen and oxygen atoms in total. The van der Waals surface area contributed by atoms with E-state index in [1.165, 1.54) is 0 Å². The molecule has 1 saturated carbocycles. The Morgan fingerprint density at radius 2 is 1.89 bits per heavy atom. The summed E-state index contributed by atoms with van der Waals surface area (Å²) in [7, 11) is -3.16. The van der Waals surface area contributed by atoms with Crippen molar-refractivity contribution in [2.45, 2.75) is 43.7 Å². The fourth-order valence-electron chi connectivity index (χ4n) is 2.59. The number of piperidine rings is 1. The van der Waals surface area contributed by atoms with Gasteiger partial charge in [0.1, 0.15) is 0 Å². The highest BCUT2D eigenvalue weighted by Gasteiger charge is 2.43. The third kappa shape index (κ3) is 3.02. The number of rotatable bonds is 3. The van der Waals surface area contributed by atoms with E-state index in [4.69, 9.17) is 5.73 Å². The summed E-state index contributed by atoms with van der Waals surface area (Å²) in [6, 6.07) is -0.0563. The SMILES string of the molecule is CS(=O)(=O)NC1CCN(C(=O)C2(N)CCC2)CC1. The van der Waals surface area contributed by atoms with Crippen LogP contribution in [0.1, 0.15) is 32.1 Å². The number of hydrogen-bond donors (Lipinski definition) is 2. The Morgan fingerprint density at radius 3 is 2.28 bits per heavy atom. The molecule has 7 heteroatoms. The van der Waals surface area contributed by atoms with Crippen molar-refractivity contribution in [3.05, 3.63) is 0 Å². The molecule has 3 N–H and O–H groups in total. The van der Waals surface area contributed by atoms with Crippen molar-refractivity contribution in [2.24, 2.45) is 5.73 Å². The molecule has 2 aliphatic rings. The van der Waals surface area contributed by atoms with Crippen LogP contribution in [0.4, 0.5) is 0 Å². The average Bonchev–Trinajstić information content (AvgIpc) is 2.24. The molecule has 18 heavy (non-hydrogen) atoms. The lowest BCUT2D eigenvalue weighted by molar-refractivity contribution is -0.141. The van der Waals surface area contributed by atoms with Gasteiger partial charge in [0.25, 0.3) is 0 Å². The molecule has 2 fully saturated rings. The van der Waals surface area contributed by atoms with Gasteiger partial charge in [0, 0.05) is 19.1 Å². The van der Waals surface area contributed by atoms with Gasteiger partial charge in [-0.15, -0.1) is 0 Å². The zero-order chi connectivity index (χ0) is 13.4. The van der Waals surface area contributed by atoms with Crippen LogP contribution in [0.3, 0.4) is 0 Å². The van der Waals surface area contributed by atoms with Gasteiger partial charge in [0.2, 0.25) is 15.9 Å². The van der Waals surface area contributed by atoms with Gasteiger partial charge in [-0.2, -0.15) is 0 Å². The van der Waals surface area contributed by atoms with Crippen LogP contribution in [0, 0.1) is 0 Å². The second-order valence-corrected chi connectivity index (χ2v) is 7.25. The van der Waals surface area contributed by atoms with Crippen LogP contribution in [0.15, 0.2) is 0 Å². The molecule has 0 unspecified atom stereocenters. The van der Waals surface area contributed by atoms with Gasteiger partial charge >= 0.3 is 0 Å². The average molecular weight is 275 g/mol. The third-order valence-corrected chi connectivity index (χ3v) is 4.60. The lowest BCUT2D eigenvalue weighted by atomic mass is 9.76. The molecule has 0 aromatic heterocycles. The first kappa shape index (κ1) is 13.8. The second kappa shape index (κ2) is 4.79. The predicted octanol–water partition coefficient (Wildman–Crippen LogP) is -0.592. The van der Waals surface area contributed by atoms with Crippen LogP contribution in [-0.2, 0) is 14.8 Å². The smallest absolute Gasteiger partial charge is 0.242 e. The number of nitrogens with one attached hydrogen (secondary N) is 1. The Bertz CT molecular complexity index is 423. The molecule has 0 bridgehead atoms. The monoisotopic (exact) mass is 275 g/mol. The molecule has 104 valence electrons. The van der Waals surface area contributed by atoms with Gasteiger partial charge < -0.3 is 10.6 Å². The van der Waals surface area contributed by atoms with Crippen LogP contribution in [0.25, 0.3) is 0 Å². The van der Waals surface area contributed by atoms with Crippen molar-refractivity contribution in [3.63, 3.8) is 0 Å². The minimum Gasteiger partial charge on any atom is -0.341 e. The van der Waals surface area contributed by atoms with E-state index in [0.717, 1.165) is 25.5 Å². The summed E-state index contributed by atoms with van der Waals surface area (Å²) in [6.07, 6.45) is 5.05. The molecule has 1 heterocycles. The van der Waals surface area contributed by atoms with E-state index in [9.17, 15) is 13.2 Å². The number of nitrogens with two attached hydrogens (primary N) is 1. The molecule has 0 aromatic carbocycles. The van der Waals surface area contributed by atoms with Crippen molar-refractivity contribution in [1.29, 1.82) is 0 Å². The van der Waals surface area contributed by atoms with Crippen LogP contribution < -0.4 is 10.5 Å². The molecule has 0 atom stereocenters. The van der Waals surface area contributed by atoms with Crippen molar-refractivity contribution in [2.75, 3.05) is 19.3 Å². The molecule has 1 amide bonds. The summed E-state index contributed by atoms with van der Waals surface area (Å²) < 4.78 is 24.8. The van der Waals surface area contributed by atoms with E-state index >= 15 is 0 Å². The first-order chi connectivity index (χ1) is 8.30. The van der Waals surface area contributed by atoms with Crippen molar-refractivity contribution >= 4 is 15.9 Å². The van der Waals surface area contributed by atoms with Gasteiger partial charge in [-0.3, -0.25) is 4.79 Å². The maximum absolute atomic E-state index is 12.2. The Hall–Kier alpha value is -0.660. The minimum atomic E-state index is -3.16. The molecular formula is C11H21N3O3S. The highest BCUT2D eigenvalue weighted by Crippen LogP contribution is 2.31. The quantitative estimate of drug-likeness (QED) is 0.720. The minimum absolute atomic E-state index is 0.0338. The largest absolute Gasteiger partial charge is 0.341 e. The standard InChI is InChI=1S/C11H21N3O3S/c1-18(16,17)13-9-3-7-14(8-4-9)10(15)11(12)5-2-6-11/h9,13H,2-8,12H2,1H3. The Kier molecular flexibility index (Phi) is 3.66. The van der Waals surface area contributed by atoms with Crippen LogP contribution in [-0.4, -0.2) is 50.2 Å². The van der Waals surface area contributed by atoms with Gasteiger partial charge in [-0.05, 0) is 32.1 Å². The maximum Gasteiger partial charge on any atom is 0.242 e. The number of likely N-dealkylation sites (tertiary alicyclic amines) is 1. The number of sulfonamides is 1. The zero-order valence-corrected chi connectivity index (χ0v) is 11.5. The van der Waals surface area contributed by atoms with E-state index in [2.05, 4.69) is 4.72 Å². The van der Waals surface area contributed by atoms with Crippen LogP contribution >= 0.6 is 0 Å². The molecule has 1 aliphatic heterocycles. The van der Waals surface area contributed by atoms with Crippen molar-refractivity contribution < 1.29 is 13.2 Å². The van der Waals surface area contributed by atoms with E-state index < -0.39 is 15.6 Å². The lowest BCUT2D eigenvalue weighted by Gasteiger charge is -2.42. The molecule has 1 saturated heterocycles. The summed E-state index contributed by atoms with van der Waals surface area (Å²) in [5, 5.41) is 0. The lowest BCUT2D eigenvalue weighted by Crippen LogP contribution is -2.61. The topological polar surface area (TPSA) is 92.5 Å². The fraction of sp³-hybridized carbons (Fsp3) is 0.909. The predicted molar refractivity (Wildman–Crippen MR) is 68.4 cm³/mol. The molecule has 0 spiro atoms. The number of nitrogens with zero attached hydrogens (tertiary/aromatic N) is 1. The van der Waals surface area contributed by atoms with Gasteiger partial charge in [0.05, 0.1) is 11.8 Å². The summed E-state index contributed by atoms with van der Waals surface area (Å²) in [4.78, 5) is 13.9. The maximum atomic E-state index is 12.2. The van der Waals surface area contributed by atoms with Gasteiger partial charge in [-0.25, -0.2) is 13.1 Å². The van der Waals surface area contributed by atoms with E-state index in [1.807, 2.05) is 0 Å². The van der Waals surface area contributed by atoms with Crippen LogP contribution in [0.5, 0.6) is 0 Å². The van der Waals surface area contributed by atoms with Crippen molar-refractivity contribution in [3.8, 4) is 0 Å². The summed E-state index contributed by atoms with van der Waals surface area (Å²) >= 11 is 0. The third-order valence-electron chi connectivity index (χ3n) is 3.83. The van der Waals surface area contributed by atoms with E-state index in [-0.39, 0.29) is 11.9 Å². The Morgan fingerprint density at radius 1 is 1.33 bits per heavy atom. The number of carbonyl (C=O) groups excluding carboxylic acids is 1. The Balaban J connectivity index is 1.85. The highest BCUT2D eigenvalue weighted by atomic mass is 32.2. The summed E-state index contributed by atoms with van der Waals surface area (Å²) in [6.45, 7) is 1.18. The molecule has 0 aromatic rings.